The van der Waals surface area contributed by atoms with Gasteiger partial charge in [-0.2, -0.15) is 5.26 Å². The number of nitriles is 1. The number of carbonyl (C=O) groups is 1. The van der Waals surface area contributed by atoms with Gasteiger partial charge in [0.05, 0.1) is 12.6 Å². The zero-order chi connectivity index (χ0) is 18.5. The van der Waals surface area contributed by atoms with Crippen molar-refractivity contribution in [2.45, 2.75) is 51.7 Å². The van der Waals surface area contributed by atoms with E-state index in [4.69, 9.17) is 14.7 Å². The summed E-state index contributed by atoms with van der Waals surface area (Å²) in [5.41, 5.74) is -0.748. The molecule has 1 fully saturated rings. The quantitative estimate of drug-likeness (QED) is 0.574. The Bertz CT molecular complexity index is 547. The molecule has 7 heteroatoms. The number of piperidine rings is 1. The van der Waals surface area contributed by atoms with E-state index in [0.717, 1.165) is 4.90 Å². The smallest absolute Gasteiger partial charge is 0.410 e. The number of likely N-dealkylation sites (tertiary alicyclic amines) is 1. The molecule has 0 aromatic rings. The van der Waals surface area contributed by atoms with E-state index in [1.807, 2.05) is 6.07 Å². The van der Waals surface area contributed by atoms with Crippen LogP contribution in [0.25, 0.3) is 0 Å². The predicted octanol–water partition coefficient (Wildman–Crippen LogP) is 3.88. The standard InChI is InChI=1S/C17H24F2N2O3/c1-6-7-13(12(2)10-20)23-14-8-9-21(11-17(14,18)19)15(22)24-16(3,4)5/h6-7,12,14H,1,8-9,11H2,2-5H3/b13-7+. The molecule has 2 atom stereocenters. The lowest BCUT2D eigenvalue weighted by Gasteiger charge is -2.39. The second-order valence-electron chi connectivity index (χ2n) is 6.71. The summed E-state index contributed by atoms with van der Waals surface area (Å²) in [6, 6.07) is 1.95. The van der Waals surface area contributed by atoms with Crippen LogP contribution in [0.1, 0.15) is 34.1 Å². The fourth-order valence-electron chi connectivity index (χ4n) is 2.18. The van der Waals surface area contributed by atoms with Gasteiger partial charge in [-0.3, -0.25) is 0 Å². The monoisotopic (exact) mass is 342 g/mol. The molecule has 0 N–H and O–H groups in total. The second-order valence-corrected chi connectivity index (χ2v) is 6.71. The van der Waals surface area contributed by atoms with Crippen LogP contribution in [-0.4, -0.2) is 41.7 Å². The molecule has 0 bridgehead atoms. The van der Waals surface area contributed by atoms with E-state index >= 15 is 0 Å². The maximum atomic E-state index is 14.4. The number of ether oxygens (including phenoxy) is 2. The Balaban J connectivity index is 2.80. The molecule has 134 valence electrons. The largest absolute Gasteiger partial charge is 0.487 e. The number of allylic oxidation sites excluding steroid dienone is 3. The Morgan fingerprint density at radius 1 is 1.50 bits per heavy atom. The fraction of sp³-hybridized carbons (Fsp3) is 0.647. The van der Waals surface area contributed by atoms with Crippen molar-refractivity contribution in [3.05, 3.63) is 24.5 Å². The summed E-state index contributed by atoms with van der Waals surface area (Å²) >= 11 is 0. The first kappa shape index (κ1) is 19.9. The molecule has 1 amide bonds. The average Bonchev–Trinajstić information content (AvgIpc) is 2.45. The first-order chi connectivity index (χ1) is 11.0. The molecule has 0 aromatic carbocycles. The Labute approximate surface area is 141 Å². The third kappa shape index (κ3) is 5.52. The fourth-order valence-corrected chi connectivity index (χ4v) is 2.18. The highest BCUT2D eigenvalue weighted by Gasteiger charge is 2.48. The molecule has 0 radical (unpaired) electrons. The predicted molar refractivity (Wildman–Crippen MR) is 85.3 cm³/mol. The second kappa shape index (κ2) is 7.65. The molecule has 1 aliphatic heterocycles. The maximum absolute atomic E-state index is 14.4. The van der Waals surface area contributed by atoms with Gasteiger partial charge in [0, 0.05) is 13.0 Å². The summed E-state index contributed by atoms with van der Waals surface area (Å²) in [6.45, 7) is 9.39. The number of alkyl halides is 2. The van der Waals surface area contributed by atoms with Gasteiger partial charge in [0.2, 0.25) is 0 Å². The molecular formula is C17H24F2N2O3. The zero-order valence-corrected chi connectivity index (χ0v) is 14.5. The summed E-state index contributed by atoms with van der Waals surface area (Å²) in [5.74, 6) is -3.77. The van der Waals surface area contributed by atoms with Gasteiger partial charge in [-0.1, -0.05) is 12.7 Å². The summed E-state index contributed by atoms with van der Waals surface area (Å²) in [7, 11) is 0. The lowest BCUT2D eigenvalue weighted by atomic mass is 10.0. The van der Waals surface area contributed by atoms with Crippen LogP contribution >= 0.6 is 0 Å². The van der Waals surface area contributed by atoms with Gasteiger partial charge < -0.3 is 14.4 Å². The van der Waals surface area contributed by atoms with Crippen molar-refractivity contribution in [2.75, 3.05) is 13.1 Å². The van der Waals surface area contributed by atoms with Crippen LogP contribution in [0.5, 0.6) is 0 Å². The molecule has 0 spiro atoms. The van der Waals surface area contributed by atoms with Crippen molar-refractivity contribution >= 4 is 6.09 Å². The molecule has 24 heavy (non-hydrogen) atoms. The Hall–Kier alpha value is -2.10. The number of hydrogen-bond acceptors (Lipinski definition) is 4. The van der Waals surface area contributed by atoms with E-state index in [9.17, 15) is 13.6 Å². The van der Waals surface area contributed by atoms with Gasteiger partial charge in [0.1, 0.15) is 17.3 Å². The number of carbonyl (C=O) groups excluding carboxylic acids is 1. The van der Waals surface area contributed by atoms with Gasteiger partial charge in [0.15, 0.2) is 6.10 Å². The summed E-state index contributed by atoms with van der Waals surface area (Å²) in [4.78, 5) is 12.9. The van der Waals surface area contributed by atoms with E-state index in [0.29, 0.717) is 0 Å². The SMILES string of the molecule is C=C/C=C(/OC1CCN(C(=O)OC(C)(C)C)CC1(F)F)C(C)C#N. The van der Waals surface area contributed by atoms with Crippen molar-refractivity contribution in [1.82, 2.24) is 4.90 Å². The molecule has 5 nitrogen and oxygen atoms in total. The number of amides is 1. The molecule has 1 rings (SSSR count). The number of halogens is 2. The van der Waals surface area contributed by atoms with E-state index in [2.05, 4.69) is 6.58 Å². The number of rotatable bonds is 4. The Morgan fingerprint density at radius 3 is 2.58 bits per heavy atom. The summed E-state index contributed by atoms with van der Waals surface area (Å²) < 4.78 is 39.2. The molecule has 0 saturated carbocycles. The maximum Gasteiger partial charge on any atom is 0.410 e. The van der Waals surface area contributed by atoms with Crippen molar-refractivity contribution in [3.8, 4) is 6.07 Å². The molecule has 1 aliphatic rings. The normalized spacial score (nSPS) is 22.3. The van der Waals surface area contributed by atoms with Crippen LogP contribution in [0.15, 0.2) is 24.5 Å². The lowest BCUT2D eigenvalue weighted by Crippen LogP contribution is -2.55. The third-order valence-corrected chi connectivity index (χ3v) is 3.37. The van der Waals surface area contributed by atoms with Crippen molar-refractivity contribution in [2.24, 2.45) is 5.92 Å². The Morgan fingerprint density at radius 2 is 2.12 bits per heavy atom. The van der Waals surface area contributed by atoms with Crippen LogP contribution < -0.4 is 0 Å². The van der Waals surface area contributed by atoms with Gasteiger partial charge in [-0.25, -0.2) is 13.6 Å². The van der Waals surface area contributed by atoms with Crippen molar-refractivity contribution in [1.29, 1.82) is 5.26 Å². The van der Waals surface area contributed by atoms with E-state index in [1.54, 1.807) is 27.7 Å². The highest BCUT2D eigenvalue weighted by molar-refractivity contribution is 5.68. The molecular weight excluding hydrogens is 318 g/mol. The van der Waals surface area contributed by atoms with Crippen LogP contribution in [0, 0.1) is 17.2 Å². The number of nitrogens with zero attached hydrogens (tertiary/aromatic N) is 2. The van der Waals surface area contributed by atoms with E-state index < -0.39 is 36.2 Å². The molecule has 0 aromatic heterocycles. The van der Waals surface area contributed by atoms with Gasteiger partial charge in [-0.05, 0) is 33.8 Å². The Kier molecular flexibility index (Phi) is 6.35. The lowest BCUT2D eigenvalue weighted by molar-refractivity contribution is -0.157. The first-order valence-corrected chi connectivity index (χ1v) is 7.75. The van der Waals surface area contributed by atoms with Crippen LogP contribution in [-0.2, 0) is 9.47 Å². The van der Waals surface area contributed by atoms with Gasteiger partial charge in [-0.15, -0.1) is 0 Å². The highest BCUT2D eigenvalue weighted by Crippen LogP contribution is 2.33. The van der Waals surface area contributed by atoms with E-state index in [1.165, 1.54) is 12.2 Å². The molecule has 1 heterocycles. The highest BCUT2D eigenvalue weighted by atomic mass is 19.3. The third-order valence-electron chi connectivity index (χ3n) is 3.37. The van der Waals surface area contributed by atoms with Gasteiger partial charge in [0.25, 0.3) is 0 Å². The van der Waals surface area contributed by atoms with Crippen LogP contribution in [0.3, 0.4) is 0 Å². The van der Waals surface area contributed by atoms with Crippen molar-refractivity contribution < 1.29 is 23.0 Å². The first-order valence-electron chi connectivity index (χ1n) is 7.75. The summed E-state index contributed by atoms with van der Waals surface area (Å²) in [6.07, 6.45) is 0.561. The van der Waals surface area contributed by atoms with E-state index in [-0.39, 0.29) is 18.7 Å². The minimum atomic E-state index is -3.25. The topological polar surface area (TPSA) is 62.6 Å². The van der Waals surface area contributed by atoms with Crippen LogP contribution in [0.2, 0.25) is 0 Å². The zero-order valence-electron chi connectivity index (χ0n) is 14.5. The minimum Gasteiger partial charge on any atom is -0.487 e. The molecule has 1 saturated heterocycles. The van der Waals surface area contributed by atoms with Crippen LogP contribution in [0.4, 0.5) is 13.6 Å². The average molecular weight is 342 g/mol. The van der Waals surface area contributed by atoms with Gasteiger partial charge >= 0.3 is 12.0 Å². The van der Waals surface area contributed by atoms with Crippen molar-refractivity contribution in [3.63, 3.8) is 0 Å². The molecule has 0 aliphatic carbocycles. The molecule has 2 unspecified atom stereocenters. The number of hydrogen-bond donors (Lipinski definition) is 0. The minimum absolute atomic E-state index is 0.0567. The summed E-state index contributed by atoms with van der Waals surface area (Å²) in [5, 5.41) is 8.95.